The quantitative estimate of drug-likeness (QED) is 0.156. The first-order valence-electron chi connectivity index (χ1n) is 19.1. The highest BCUT2D eigenvalue weighted by Gasteiger charge is 2.23. The number of fused-ring (bicyclic) bond motifs is 3. The van der Waals surface area contributed by atoms with Gasteiger partial charge in [0.25, 0.3) is 0 Å². The Balaban J connectivity index is 1.22. The minimum absolute atomic E-state index is 0.859. The van der Waals surface area contributed by atoms with E-state index in [-0.39, 0.29) is 0 Å². The first-order chi connectivity index (χ1) is 27.8. The first kappa shape index (κ1) is 33.2. The maximum absolute atomic E-state index is 6.46. The molecular weight excluding hydrogens is 679 g/mol. The van der Waals surface area contributed by atoms with Crippen molar-refractivity contribution in [1.29, 1.82) is 0 Å². The zero-order valence-corrected chi connectivity index (χ0v) is 30.7. The van der Waals surface area contributed by atoms with Gasteiger partial charge >= 0.3 is 0 Å². The molecule has 1 aromatic heterocycles. The van der Waals surface area contributed by atoms with Crippen LogP contribution in [0.3, 0.4) is 0 Å². The van der Waals surface area contributed by atoms with Crippen LogP contribution >= 0.6 is 0 Å². The van der Waals surface area contributed by atoms with E-state index < -0.39 is 0 Å². The lowest BCUT2D eigenvalue weighted by molar-refractivity contribution is 0.669. The molecule has 10 rings (SSSR count). The van der Waals surface area contributed by atoms with Crippen LogP contribution in [0.5, 0.6) is 0 Å². The number of para-hydroxylation sites is 1. The number of hydrogen-bond donors (Lipinski definition) is 0. The third kappa shape index (κ3) is 6.14. The van der Waals surface area contributed by atoms with Crippen LogP contribution in [-0.4, -0.2) is 0 Å². The Morgan fingerprint density at radius 3 is 1.46 bits per heavy atom. The van der Waals surface area contributed by atoms with Gasteiger partial charge in [-0.15, -0.1) is 0 Å². The second kappa shape index (κ2) is 14.4. The van der Waals surface area contributed by atoms with Crippen LogP contribution in [-0.2, 0) is 0 Å². The van der Waals surface area contributed by atoms with Crippen molar-refractivity contribution in [1.82, 2.24) is 0 Å². The van der Waals surface area contributed by atoms with Crippen molar-refractivity contribution in [3.05, 3.63) is 224 Å². The van der Waals surface area contributed by atoms with E-state index in [1.165, 1.54) is 38.9 Å². The first-order valence-corrected chi connectivity index (χ1v) is 19.1. The van der Waals surface area contributed by atoms with Crippen molar-refractivity contribution < 1.29 is 4.42 Å². The predicted octanol–water partition coefficient (Wildman–Crippen LogP) is 15.4. The van der Waals surface area contributed by atoms with Crippen LogP contribution in [0, 0.1) is 0 Å². The summed E-state index contributed by atoms with van der Waals surface area (Å²) in [7, 11) is 0. The Kier molecular flexibility index (Phi) is 8.55. The zero-order valence-electron chi connectivity index (χ0n) is 30.7. The van der Waals surface area contributed by atoms with Crippen molar-refractivity contribution in [3.8, 4) is 55.6 Å². The fourth-order valence-electron chi connectivity index (χ4n) is 7.99. The molecule has 0 bridgehead atoms. The molecule has 0 aliphatic heterocycles. The number of benzene rings is 9. The molecular formula is C54H37NO. The highest BCUT2D eigenvalue weighted by atomic mass is 16.3. The number of rotatable bonds is 8. The minimum atomic E-state index is 0.859. The molecule has 0 atom stereocenters. The number of furan rings is 1. The molecule has 1 heterocycles. The summed E-state index contributed by atoms with van der Waals surface area (Å²) in [6.45, 7) is 0. The van der Waals surface area contributed by atoms with Crippen LogP contribution < -0.4 is 4.90 Å². The van der Waals surface area contributed by atoms with Crippen LogP contribution in [0.1, 0.15) is 0 Å². The van der Waals surface area contributed by atoms with E-state index in [1.807, 2.05) is 6.07 Å². The SMILES string of the molecule is c1ccc(-c2ccc(N(c3ccc(-c4cc(-c5ccccc5)ccc4-c4ccccc4)cc3-c3ccccc3)c3cccc4oc5ccccc5c34)cc2)cc1. The van der Waals surface area contributed by atoms with Crippen LogP contribution in [0.4, 0.5) is 17.1 Å². The molecule has 0 amide bonds. The standard InChI is InChI=1S/C54H37NO/c1-5-16-38(17-6-1)40-28-32-45(33-29-40)55(51-25-15-27-53-54(51)47-24-13-14-26-52(47)56-53)50-35-31-44(37-49(50)42-22-11-4-12-23-42)48-36-43(39-18-7-2-8-19-39)30-34-46(48)41-20-9-3-10-21-41/h1-37H. The van der Waals surface area contributed by atoms with Gasteiger partial charge in [0.05, 0.1) is 16.8 Å². The van der Waals surface area contributed by atoms with Crippen molar-refractivity contribution in [2.75, 3.05) is 4.90 Å². The van der Waals surface area contributed by atoms with E-state index in [0.29, 0.717) is 0 Å². The average Bonchev–Trinajstić information content (AvgIpc) is 3.67. The maximum atomic E-state index is 6.46. The molecule has 0 aliphatic rings. The van der Waals surface area contributed by atoms with Crippen LogP contribution in [0.15, 0.2) is 229 Å². The van der Waals surface area contributed by atoms with Crippen LogP contribution in [0.2, 0.25) is 0 Å². The van der Waals surface area contributed by atoms with Gasteiger partial charge in [-0.1, -0.05) is 176 Å². The molecule has 56 heavy (non-hydrogen) atoms. The van der Waals surface area contributed by atoms with E-state index >= 15 is 0 Å². The molecule has 0 spiro atoms. The molecule has 10 aromatic rings. The molecule has 2 nitrogen and oxygen atoms in total. The summed E-state index contributed by atoms with van der Waals surface area (Å²) in [5, 5.41) is 2.17. The summed E-state index contributed by atoms with van der Waals surface area (Å²) < 4.78 is 6.46. The smallest absolute Gasteiger partial charge is 0.137 e. The molecule has 2 heteroatoms. The summed E-state index contributed by atoms with van der Waals surface area (Å²) in [6.07, 6.45) is 0. The summed E-state index contributed by atoms with van der Waals surface area (Å²) in [5.74, 6) is 0. The van der Waals surface area contributed by atoms with E-state index in [1.54, 1.807) is 0 Å². The Morgan fingerprint density at radius 2 is 0.786 bits per heavy atom. The van der Waals surface area contributed by atoms with Crippen LogP contribution in [0.25, 0.3) is 77.6 Å². The van der Waals surface area contributed by atoms with Gasteiger partial charge in [-0.2, -0.15) is 0 Å². The van der Waals surface area contributed by atoms with Gasteiger partial charge in [0.2, 0.25) is 0 Å². The Labute approximate surface area is 327 Å². The normalized spacial score (nSPS) is 11.2. The van der Waals surface area contributed by atoms with Crippen molar-refractivity contribution >= 4 is 39.0 Å². The van der Waals surface area contributed by atoms with Gasteiger partial charge < -0.3 is 9.32 Å². The predicted molar refractivity (Wildman–Crippen MR) is 236 cm³/mol. The van der Waals surface area contributed by atoms with E-state index in [9.17, 15) is 0 Å². The van der Waals surface area contributed by atoms with E-state index in [2.05, 4.69) is 223 Å². The van der Waals surface area contributed by atoms with E-state index in [0.717, 1.165) is 55.7 Å². The van der Waals surface area contributed by atoms with Gasteiger partial charge in [0, 0.05) is 16.6 Å². The molecule has 0 fully saturated rings. The molecule has 0 saturated heterocycles. The molecule has 0 N–H and O–H groups in total. The minimum Gasteiger partial charge on any atom is -0.456 e. The highest BCUT2D eigenvalue weighted by Crippen LogP contribution is 2.48. The molecule has 0 aliphatic carbocycles. The zero-order chi connectivity index (χ0) is 37.3. The lowest BCUT2D eigenvalue weighted by atomic mass is 9.89. The van der Waals surface area contributed by atoms with Gasteiger partial charge in [-0.3, -0.25) is 0 Å². The largest absolute Gasteiger partial charge is 0.456 e. The molecule has 0 radical (unpaired) electrons. The fraction of sp³-hybridized carbons (Fsp3) is 0. The molecule has 0 unspecified atom stereocenters. The lowest BCUT2D eigenvalue weighted by Gasteiger charge is -2.29. The third-order valence-electron chi connectivity index (χ3n) is 10.7. The van der Waals surface area contributed by atoms with Gasteiger partial charge in [0.1, 0.15) is 11.2 Å². The number of anilines is 3. The maximum Gasteiger partial charge on any atom is 0.137 e. The third-order valence-corrected chi connectivity index (χ3v) is 10.7. The van der Waals surface area contributed by atoms with Crippen molar-refractivity contribution in [2.24, 2.45) is 0 Å². The molecule has 264 valence electrons. The van der Waals surface area contributed by atoms with Crippen molar-refractivity contribution in [3.63, 3.8) is 0 Å². The van der Waals surface area contributed by atoms with Gasteiger partial charge in [-0.05, 0) is 98.6 Å². The molecule has 0 saturated carbocycles. The summed E-state index contributed by atoms with van der Waals surface area (Å²) in [5.41, 5.74) is 16.6. The second-order valence-electron chi connectivity index (χ2n) is 14.1. The highest BCUT2D eigenvalue weighted by molar-refractivity contribution is 6.14. The average molecular weight is 716 g/mol. The van der Waals surface area contributed by atoms with Gasteiger partial charge in [0.15, 0.2) is 0 Å². The van der Waals surface area contributed by atoms with Crippen molar-refractivity contribution in [2.45, 2.75) is 0 Å². The number of nitrogens with zero attached hydrogens (tertiary/aromatic N) is 1. The monoisotopic (exact) mass is 715 g/mol. The number of hydrogen-bond acceptors (Lipinski definition) is 2. The Morgan fingerprint density at radius 1 is 0.286 bits per heavy atom. The Hall–Kier alpha value is -7.42. The van der Waals surface area contributed by atoms with Gasteiger partial charge in [-0.25, -0.2) is 0 Å². The second-order valence-corrected chi connectivity index (χ2v) is 14.1. The lowest BCUT2D eigenvalue weighted by Crippen LogP contribution is -2.12. The van der Waals surface area contributed by atoms with E-state index in [4.69, 9.17) is 4.42 Å². The summed E-state index contributed by atoms with van der Waals surface area (Å²) in [4.78, 5) is 2.41. The summed E-state index contributed by atoms with van der Waals surface area (Å²) >= 11 is 0. The fourth-order valence-corrected chi connectivity index (χ4v) is 7.99. The topological polar surface area (TPSA) is 16.4 Å². The molecule has 9 aromatic carbocycles. The summed E-state index contributed by atoms with van der Waals surface area (Å²) in [6, 6.07) is 80.1. The Bertz CT molecular complexity index is 2930.